The number of hydrazone groups is 1. The van der Waals surface area contributed by atoms with E-state index in [1.54, 1.807) is 0 Å². The second-order valence-corrected chi connectivity index (χ2v) is 6.02. The number of benzene rings is 2. The molecule has 0 fully saturated rings. The Morgan fingerprint density at radius 3 is 2.43 bits per heavy atom. The summed E-state index contributed by atoms with van der Waals surface area (Å²) in [5.41, 5.74) is 4.34. The van der Waals surface area contributed by atoms with Crippen molar-refractivity contribution in [3.63, 3.8) is 0 Å². The summed E-state index contributed by atoms with van der Waals surface area (Å²) in [6.45, 7) is 0.840. The van der Waals surface area contributed by atoms with Crippen LogP contribution in [0.15, 0.2) is 59.7 Å². The van der Waals surface area contributed by atoms with Crippen molar-refractivity contribution in [3.8, 4) is 0 Å². The largest absolute Gasteiger partial charge is 0.323 e. The fourth-order valence-corrected chi connectivity index (χ4v) is 2.62. The van der Waals surface area contributed by atoms with Crippen LogP contribution in [-0.2, 0) is 13.0 Å². The molecule has 2 aromatic carbocycles. The highest BCUT2D eigenvalue weighted by Crippen LogP contribution is 2.21. The summed E-state index contributed by atoms with van der Waals surface area (Å²) in [7, 11) is 2.84. The van der Waals surface area contributed by atoms with E-state index in [0.717, 1.165) is 13.0 Å². The molecule has 0 saturated carbocycles. The van der Waals surface area contributed by atoms with Crippen LogP contribution >= 0.6 is 9.24 Å². The van der Waals surface area contributed by atoms with Gasteiger partial charge in [0.2, 0.25) is 0 Å². The second-order valence-electron chi connectivity index (χ2n) is 5.35. The van der Waals surface area contributed by atoms with Gasteiger partial charge in [0.1, 0.15) is 0 Å². The molecule has 0 amide bonds. The van der Waals surface area contributed by atoms with Gasteiger partial charge >= 0.3 is 0 Å². The van der Waals surface area contributed by atoms with Gasteiger partial charge in [0.05, 0.1) is 5.71 Å². The molecule has 0 aliphatic carbocycles. The van der Waals surface area contributed by atoms with Crippen LogP contribution in [0.1, 0.15) is 28.9 Å². The number of hydrogen-bond acceptors (Lipinski definition) is 4. The van der Waals surface area contributed by atoms with Crippen molar-refractivity contribution in [2.24, 2.45) is 10.9 Å². The highest BCUT2D eigenvalue weighted by Gasteiger charge is 2.05. The SMILES string of the molecule is N=C/C(CCc1ccc(C(P)NCc2ccccc2)cc1)=N\N. The van der Waals surface area contributed by atoms with Gasteiger partial charge in [-0.2, -0.15) is 5.10 Å². The highest BCUT2D eigenvalue weighted by atomic mass is 31.0. The topological polar surface area (TPSA) is 74.3 Å². The normalized spacial score (nSPS) is 12.8. The number of nitrogens with one attached hydrogen (secondary N) is 2. The van der Waals surface area contributed by atoms with E-state index in [-0.39, 0.29) is 5.78 Å². The van der Waals surface area contributed by atoms with E-state index in [1.807, 2.05) is 6.07 Å². The van der Waals surface area contributed by atoms with Crippen LogP contribution in [-0.4, -0.2) is 11.9 Å². The summed E-state index contributed by atoms with van der Waals surface area (Å²) in [6, 6.07) is 18.9. The molecule has 2 unspecified atom stereocenters. The zero-order valence-electron chi connectivity index (χ0n) is 13.1. The monoisotopic (exact) mass is 326 g/mol. The lowest BCUT2D eigenvalue weighted by Crippen LogP contribution is -2.15. The van der Waals surface area contributed by atoms with E-state index < -0.39 is 0 Å². The summed E-state index contributed by atoms with van der Waals surface area (Å²) in [5, 5.41) is 14.3. The van der Waals surface area contributed by atoms with E-state index in [9.17, 15) is 0 Å². The molecular weight excluding hydrogens is 303 g/mol. The lowest BCUT2D eigenvalue weighted by molar-refractivity contribution is 0.677. The lowest BCUT2D eigenvalue weighted by atomic mass is 10.1. The number of hydrogen-bond donors (Lipinski definition) is 3. The van der Waals surface area contributed by atoms with Crippen molar-refractivity contribution in [2.75, 3.05) is 0 Å². The molecule has 0 aliphatic heterocycles. The quantitative estimate of drug-likeness (QED) is 0.301. The highest BCUT2D eigenvalue weighted by molar-refractivity contribution is 7.17. The van der Waals surface area contributed by atoms with E-state index in [4.69, 9.17) is 11.3 Å². The van der Waals surface area contributed by atoms with Gasteiger partial charge < -0.3 is 16.6 Å². The van der Waals surface area contributed by atoms with E-state index >= 15 is 0 Å². The summed E-state index contributed by atoms with van der Waals surface area (Å²) in [6.07, 6.45) is 2.74. The van der Waals surface area contributed by atoms with E-state index in [2.05, 4.69) is 68.2 Å². The van der Waals surface area contributed by atoms with Crippen LogP contribution < -0.4 is 11.2 Å². The summed E-state index contributed by atoms with van der Waals surface area (Å²) < 4.78 is 0. The van der Waals surface area contributed by atoms with Crippen LogP contribution in [0.3, 0.4) is 0 Å². The molecule has 0 saturated heterocycles. The fourth-order valence-electron chi connectivity index (χ4n) is 2.28. The first-order chi connectivity index (χ1) is 11.2. The molecule has 2 aromatic rings. The maximum atomic E-state index is 7.19. The van der Waals surface area contributed by atoms with Gasteiger partial charge in [-0.25, -0.2) is 0 Å². The van der Waals surface area contributed by atoms with Crippen molar-refractivity contribution in [3.05, 3.63) is 71.3 Å². The second kappa shape index (κ2) is 9.19. The molecule has 0 heterocycles. The molecule has 4 N–H and O–H groups in total. The average Bonchev–Trinajstić information content (AvgIpc) is 2.62. The zero-order chi connectivity index (χ0) is 16.5. The maximum absolute atomic E-state index is 7.19. The van der Waals surface area contributed by atoms with Gasteiger partial charge in [0, 0.05) is 18.5 Å². The van der Waals surface area contributed by atoms with Crippen LogP contribution in [0, 0.1) is 5.41 Å². The summed E-state index contributed by atoms with van der Waals surface area (Å²) in [4.78, 5) is 0. The van der Waals surface area contributed by atoms with Crippen LogP contribution in [0.25, 0.3) is 0 Å². The Morgan fingerprint density at radius 1 is 1.13 bits per heavy atom. The van der Waals surface area contributed by atoms with Crippen molar-refractivity contribution < 1.29 is 0 Å². The molecule has 0 aliphatic rings. The molecule has 2 atom stereocenters. The lowest BCUT2D eigenvalue weighted by Gasteiger charge is -2.15. The third kappa shape index (κ3) is 5.59. The maximum Gasteiger partial charge on any atom is 0.0778 e. The third-order valence-corrected chi connectivity index (χ3v) is 4.33. The number of rotatable bonds is 8. The predicted octanol–water partition coefficient (Wildman–Crippen LogP) is 3.25. The Labute approximate surface area is 139 Å². The van der Waals surface area contributed by atoms with Gasteiger partial charge in [0.25, 0.3) is 0 Å². The number of nitrogens with two attached hydrogens (primary N) is 1. The first-order valence-electron chi connectivity index (χ1n) is 7.62. The van der Waals surface area contributed by atoms with E-state index in [0.29, 0.717) is 12.1 Å². The van der Waals surface area contributed by atoms with Crippen molar-refractivity contribution in [1.29, 1.82) is 5.41 Å². The van der Waals surface area contributed by atoms with Crippen LogP contribution in [0.5, 0.6) is 0 Å². The van der Waals surface area contributed by atoms with E-state index in [1.165, 1.54) is 22.9 Å². The Balaban J connectivity index is 1.87. The predicted molar refractivity (Wildman–Crippen MR) is 101 cm³/mol. The number of aryl methyl sites for hydroxylation is 1. The van der Waals surface area contributed by atoms with Gasteiger partial charge in [-0.15, -0.1) is 9.24 Å². The first kappa shape index (κ1) is 17.3. The standard InChI is InChI=1S/C18H23N4P/c19-12-17(22-20)11-8-14-6-9-16(10-7-14)18(23)21-13-15-4-2-1-3-5-15/h1-7,9-10,12,18-19,21H,8,11,13,20,23H2/b19-12?,22-17-. The average molecular weight is 326 g/mol. The minimum atomic E-state index is 0.215. The Hall–Kier alpha value is -2.03. The summed E-state index contributed by atoms with van der Waals surface area (Å²) >= 11 is 0. The molecule has 0 radical (unpaired) electrons. The van der Waals surface area contributed by atoms with Crippen molar-refractivity contribution in [2.45, 2.75) is 25.2 Å². The molecule has 120 valence electrons. The van der Waals surface area contributed by atoms with Crippen molar-refractivity contribution in [1.82, 2.24) is 5.32 Å². The molecule has 5 heteroatoms. The zero-order valence-corrected chi connectivity index (χ0v) is 14.2. The molecule has 23 heavy (non-hydrogen) atoms. The molecular formula is C18H23N4P. The minimum absolute atomic E-state index is 0.215. The smallest absolute Gasteiger partial charge is 0.0778 e. The van der Waals surface area contributed by atoms with Gasteiger partial charge in [-0.05, 0) is 29.5 Å². The van der Waals surface area contributed by atoms with Crippen molar-refractivity contribution >= 4 is 21.2 Å². The molecule has 0 aromatic heterocycles. The van der Waals surface area contributed by atoms with Gasteiger partial charge in [0.15, 0.2) is 0 Å². The molecule has 0 spiro atoms. The molecule has 0 bridgehead atoms. The minimum Gasteiger partial charge on any atom is -0.323 e. The Bertz CT molecular complexity index is 638. The van der Waals surface area contributed by atoms with Gasteiger partial charge in [-0.1, -0.05) is 54.6 Å². The molecule has 2 rings (SSSR count). The number of nitrogens with zero attached hydrogens (tertiary/aromatic N) is 1. The van der Waals surface area contributed by atoms with Crippen LogP contribution in [0.2, 0.25) is 0 Å². The third-order valence-electron chi connectivity index (χ3n) is 3.71. The fraction of sp³-hybridized carbons (Fsp3) is 0.222. The Kier molecular flexibility index (Phi) is 6.92. The Morgan fingerprint density at radius 2 is 1.83 bits per heavy atom. The van der Waals surface area contributed by atoms with Gasteiger partial charge in [-0.3, -0.25) is 0 Å². The van der Waals surface area contributed by atoms with Crippen LogP contribution in [0.4, 0.5) is 0 Å². The first-order valence-corrected chi connectivity index (χ1v) is 8.28. The summed E-state index contributed by atoms with van der Waals surface area (Å²) in [5.74, 6) is 5.43. The molecule has 4 nitrogen and oxygen atoms in total.